The lowest BCUT2D eigenvalue weighted by Gasteiger charge is -2.17. The van der Waals surface area contributed by atoms with E-state index in [2.05, 4.69) is 5.32 Å². The fourth-order valence-corrected chi connectivity index (χ4v) is 1.42. The van der Waals surface area contributed by atoms with Crippen LogP contribution in [0.4, 0.5) is 0 Å². The van der Waals surface area contributed by atoms with Gasteiger partial charge in [0.05, 0.1) is 13.2 Å². The van der Waals surface area contributed by atoms with Gasteiger partial charge in [0.2, 0.25) is 0 Å². The summed E-state index contributed by atoms with van der Waals surface area (Å²) in [6.45, 7) is 4.80. The van der Waals surface area contributed by atoms with Gasteiger partial charge in [-0.1, -0.05) is 12.1 Å². The molecular formula is C12H19NO2. The van der Waals surface area contributed by atoms with Crippen molar-refractivity contribution >= 4 is 0 Å². The highest BCUT2D eigenvalue weighted by Gasteiger charge is 2.10. The van der Waals surface area contributed by atoms with Gasteiger partial charge in [-0.2, -0.15) is 0 Å². The largest absolute Gasteiger partial charge is 0.493 e. The number of benzene rings is 1. The second-order valence-corrected chi connectivity index (χ2v) is 3.65. The van der Waals surface area contributed by atoms with Crippen LogP contribution in [0.25, 0.3) is 0 Å². The molecule has 1 N–H and O–H groups in total. The summed E-state index contributed by atoms with van der Waals surface area (Å²) in [5.74, 6) is 1.63. The Hall–Kier alpha value is -1.22. The average molecular weight is 209 g/mol. The first-order valence-corrected chi connectivity index (χ1v) is 5.16. The van der Waals surface area contributed by atoms with Gasteiger partial charge in [0.1, 0.15) is 0 Å². The first kappa shape index (κ1) is 11.9. The van der Waals surface area contributed by atoms with Crippen LogP contribution < -0.4 is 14.8 Å². The van der Waals surface area contributed by atoms with E-state index >= 15 is 0 Å². The maximum Gasteiger partial charge on any atom is 0.166 e. The maximum atomic E-state index is 5.75. The van der Waals surface area contributed by atoms with E-state index in [1.807, 2.05) is 39.1 Å². The molecule has 1 aromatic rings. The third-order valence-corrected chi connectivity index (χ3v) is 2.00. The van der Waals surface area contributed by atoms with E-state index in [-0.39, 0.29) is 6.10 Å². The third-order valence-electron chi connectivity index (χ3n) is 2.00. The van der Waals surface area contributed by atoms with Crippen LogP contribution in [0.3, 0.4) is 0 Å². The van der Waals surface area contributed by atoms with E-state index in [9.17, 15) is 0 Å². The molecule has 0 bridgehead atoms. The molecule has 3 nitrogen and oxygen atoms in total. The Kier molecular flexibility index (Phi) is 4.43. The molecule has 1 aromatic carbocycles. The van der Waals surface area contributed by atoms with Crippen LogP contribution in [0.1, 0.15) is 19.4 Å². The number of ether oxygens (including phenoxy) is 2. The van der Waals surface area contributed by atoms with Gasteiger partial charge in [-0.3, -0.25) is 0 Å². The topological polar surface area (TPSA) is 30.5 Å². The number of para-hydroxylation sites is 1. The molecule has 0 heterocycles. The van der Waals surface area contributed by atoms with Gasteiger partial charge in [-0.25, -0.2) is 0 Å². The SMILES string of the molecule is CNCc1cccc(OC)c1OC(C)C. The van der Waals surface area contributed by atoms with Crippen molar-refractivity contribution in [2.24, 2.45) is 0 Å². The monoisotopic (exact) mass is 209 g/mol. The van der Waals surface area contributed by atoms with Crippen LogP contribution in [-0.2, 0) is 6.54 Å². The summed E-state index contributed by atoms with van der Waals surface area (Å²) >= 11 is 0. The number of hydrogen-bond acceptors (Lipinski definition) is 3. The van der Waals surface area contributed by atoms with Crippen molar-refractivity contribution in [2.75, 3.05) is 14.2 Å². The van der Waals surface area contributed by atoms with Gasteiger partial charge in [0, 0.05) is 12.1 Å². The molecule has 0 radical (unpaired) electrons. The third kappa shape index (κ3) is 3.13. The Morgan fingerprint density at radius 1 is 1.33 bits per heavy atom. The van der Waals surface area contributed by atoms with Crippen molar-refractivity contribution in [3.8, 4) is 11.5 Å². The van der Waals surface area contributed by atoms with E-state index in [1.54, 1.807) is 7.11 Å². The standard InChI is InChI=1S/C12H19NO2/c1-9(2)15-12-10(8-13-3)6-5-7-11(12)14-4/h5-7,9,13H,8H2,1-4H3. The first-order chi connectivity index (χ1) is 7.19. The van der Waals surface area contributed by atoms with Crippen molar-refractivity contribution in [2.45, 2.75) is 26.5 Å². The number of nitrogens with one attached hydrogen (secondary N) is 1. The molecule has 0 aliphatic carbocycles. The smallest absolute Gasteiger partial charge is 0.166 e. The Balaban J connectivity index is 3.02. The van der Waals surface area contributed by atoms with Crippen LogP contribution in [0.2, 0.25) is 0 Å². The lowest BCUT2D eigenvalue weighted by molar-refractivity contribution is 0.227. The van der Waals surface area contributed by atoms with E-state index in [4.69, 9.17) is 9.47 Å². The van der Waals surface area contributed by atoms with Crippen molar-refractivity contribution in [1.29, 1.82) is 0 Å². The normalized spacial score (nSPS) is 10.5. The van der Waals surface area contributed by atoms with Gasteiger partial charge in [0.25, 0.3) is 0 Å². The molecule has 0 atom stereocenters. The number of hydrogen-bond donors (Lipinski definition) is 1. The quantitative estimate of drug-likeness (QED) is 0.806. The second-order valence-electron chi connectivity index (χ2n) is 3.65. The summed E-state index contributed by atoms with van der Waals surface area (Å²) in [5, 5.41) is 3.11. The van der Waals surface area contributed by atoms with Crippen LogP contribution in [0.5, 0.6) is 11.5 Å². The predicted octanol–water partition coefficient (Wildman–Crippen LogP) is 2.20. The van der Waals surface area contributed by atoms with E-state index in [0.717, 1.165) is 23.6 Å². The van der Waals surface area contributed by atoms with Gasteiger partial charge in [-0.15, -0.1) is 0 Å². The van der Waals surface area contributed by atoms with Crippen LogP contribution in [0, 0.1) is 0 Å². The van der Waals surface area contributed by atoms with E-state index in [0.29, 0.717) is 0 Å². The van der Waals surface area contributed by atoms with Crippen LogP contribution in [-0.4, -0.2) is 20.3 Å². The molecule has 0 aliphatic rings. The molecule has 1 rings (SSSR count). The molecule has 0 aromatic heterocycles. The molecule has 0 unspecified atom stereocenters. The molecule has 3 heteroatoms. The average Bonchev–Trinajstić information content (AvgIpc) is 2.20. The number of rotatable bonds is 5. The first-order valence-electron chi connectivity index (χ1n) is 5.16. The molecule has 84 valence electrons. The molecule has 0 spiro atoms. The lowest BCUT2D eigenvalue weighted by atomic mass is 10.2. The lowest BCUT2D eigenvalue weighted by Crippen LogP contribution is -2.12. The molecule has 0 saturated heterocycles. The highest BCUT2D eigenvalue weighted by molar-refractivity contribution is 5.46. The maximum absolute atomic E-state index is 5.75. The fourth-order valence-electron chi connectivity index (χ4n) is 1.42. The molecular weight excluding hydrogens is 190 g/mol. The van der Waals surface area contributed by atoms with Crippen molar-refractivity contribution in [1.82, 2.24) is 5.32 Å². The molecule has 0 aliphatic heterocycles. The highest BCUT2D eigenvalue weighted by atomic mass is 16.5. The zero-order valence-electron chi connectivity index (χ0n) is 9.83. The molecule has 0 saturated carbocycles. The minimum atomic E-state index is 0.150. The van der Waals surface area contributed by atoms with Crippen LogP contribution in [0.15, 0.2) is 18.2 Å². The zero-order valence-corrected chi connectivity index (χ0v) is 9.83. The summed E-state index contributed by atoms with van der Waals surface area (Å²) in [5.41, 5.74) is 1.12. The zero-order chi connectivity index (χ0) is 11.3. The van der Waals surface area contributed by atoms with Gasteiger partial charge < -0.3 is 14.8 Å². The predicted molar refractivity (Wildman–Crippen MR) is 61.5 cm³/mol. The Morgan fingerprint density at radius 3 is 2.60 bits per heavy atom. The summed E-state index contributed by atoms with van der Waals surface area (Å²) in [4.78, 5) is 0. The van der Waals surface area contributed by atoms with Crippen molar-refractivity contribution in [3.05, 3.63) is 23.8 Å². The summed E-state index contributed by atoms with van der Waals surface area (Å²) in [7, 11) is 3.57. The van der Waals surface area contributed by atoms with E-state index < -0.39 is 0 Å². The molecule has 0 fully saturated rings. The van der Waals surface area contributed by atoms with Crippen LogP contribution >= 0.6 is 0 Å². The fraction of sp³-hybridized carbons (Fsp3) is 0.500. The van der Waals surface area contributed by atoms with Gasteiger partial charge in [0.15, 0.2) is 11.5 Å². The number of methoxy groups -OCH3 is 1. The van der Waals surface area contributed by atoms with E-state index in [1.165, 1.54) is 0 Å². The summed E-state index contributed by atoms with van der Waals surface area (Å²) in [6, 6.07) is 5.92. The Morgan fingerprint density at radius 2 is 2.07 bits per heavy atom. The van der Waals surface area contributed by atoms with Crippen molar-refractivity contribution in [3.63, 3.8) is 0 Å². The second kappa shape index (κ2) is 5.61. The molecule has 0 amide bonds. The summed E-state index contributed by atoms with van der Waals surface area (Å²) < 4.78 is 11.0. The van der Waals surface area contributed by atoms with Gasteiger partial charge >= 0.3 is 0 Å². The highest BCUT2D eigenvalue weighted by Crippen LogP contribution is 2.31. The van der Waals surface area contributed by atoms with Crippen molar-refractivity contribution < 1.29 is 9.47 Å². The van der Waals surface area contributed by atoms with Gasteiger partial charge in [-0.05, 0) is 27.0 Å². The summed E-state index contributed by atoms with van der Waals surface area (Å²) in [6.07, 6.45) is 0.150. The minimum absolute atomic E-state index is 0.150. The Bertz CT molecular complexity index is 310. The minimum Gasteiger partial charge on any atom is -0.493 e. The molecule has 15 heavy (non-hydrogen) atoms. The Labute approximate surface area is 91.4 Å².